The Morgan fingerprint density at radius 3 is 1.92 bits per heavy atom. The van der Waals surface area contributed by atoms with Gasteiger partial charge in [-0.15, -0.1) is 0 Å². The number of hydrogen-bond donors (Lipinski definition) is 0. The van der Waals surface area contributed by atoms with Gasteiger partial charge >= 0.3 is 12.4 Å². The van der Waals surface area contributed by atoms with Gasteiger partial charge in [0, 0.05) is 0 Å². The predicted octanol–water partition coefficient (Wildman–Crippen LogP) is 6.00. The summed E-state index contributed by atoms with van der Waals surface area (Å²) in [6.45, 7) is -0.968. The standard InChI is InChI=1S/C18H26F6O2/c19-17(20,21)16(18(22,23)24,10-14-9-12-6-7-13(14)8-12)26-11-25-15-4-2-1-3-5-15/h12-15H,1-11H2. The maximum absolute atomic E-state index is 13.6. The zero-order chi connectivity index (χ0) is 19.0. The van der Waals surface area contributed by atoms with Crippen molar-refractivity contribution in [1.29, 1.82) is 0 Å². The van der Waals surface area contributed by atoms with E-state index in [0.717, 1.165) is 38.5 Å². The van der Waals surface area contributed by atoms with Gasteiger partial charge in [-0.25, -0.2) is 0 Å². The van der Waals surface area contributed by atoms with E-state index in [4.69, 9.17) is 4.74 Å². The topological polar surface area (TPSA) is 18.5 Å². The molecule has 0 aliphatic heterocycles. The van der Waals surface area contributed by atoms with Crippen molar-refractivity contribution in [1.82, 2.24) is 0 Å². The lowest BCUT2D eigenvalue weighted by Gasteiger charge is -2.40. The van der Waals surface area contributed by atoms with Gasteiger partial charge in [0.25, 0.3) is 5.60 Å². The Labute approximate surface area is 149 Å². The first-order chi connectivity index (χ1) is 12.1. The molecule has 0 aromatic heterocycles. The van der Waals surface area contributed by atoms with Crippen LogP contribution in [0.3, 0.4) is 0 Å². The summed E-state index contributed by atoms with van der Waals surface area (Å²) in [5, 5.41) is 0. The van der Waals surface area contributed by atoms with E-state index in [0.29, 0.717) is 19.3 Å². The fraction of sp³-hybridized carbons (Fsp3) is 1.00. The third kappa shape index (κ3) is 4.01. The van der Waals surface area contributed by atoms with Crippen LogP contribution >= 0.6 is 0 Å². The molecule has 0 N–H and O–H groups in total. The number of ether oxygens (including phenoxy) is 2. The van der Waals surface area contributed by atoms with Gasteiger partial charge in [-0.05, 0) is 56.3 Å². The molecule has 3 aliphatic carbocycles. The van der Waals surface area contributed by atoms with Crippen molar-refractivity contribution in [2.24, 2.45) is 17.8 Å². The molecule has 2 nitrogen and oxygen atoms in total. The van der Waals surface area contributed by atoms with Gasteiger partial charge in [0.15, 0.2) is 0 Å². The Bertz CT molecular complexity index is 455. The monoisotopic (exact) mass is 388 g/mol. The molecule has 0 radical (unpaired) electrons. The van der Waals surface area contributed by atoms with E-state index in [1.165, 1.54) is 0 Å². The van der Waals surface area contributed by atoms with Gasteiger partial charge in [-0.1, -0.05) is 25.7 Å². The molecular formula is C18H26F6O2. The van der Waals surface area contributed by atoms with Gasteiger partial charge in [0.2, 0.25) is 0 Å². The minimum Gasteiger partial charge on any atom is -0.352 e. The second kappa shape index (κ2) is 7.49. The summed E-state index contributed by atoms with van der Waals surface area (Å²) in [5.41, 5.74) is -4.14. The average Bonchev–Trinajstić information content (AvgIpc) is 3.15. The zero-order valence-electron chi connectivity index (χ0n) is 14.7. The van der Waals surface area contributed by atoms with E-state index >= 15 is 0 Å². The Balaban J connectivity index is 1.71. The predicted molar refractivity (Wildman–Crippen MR) is 82.3 cm³/mol. The molecule has 26 heavy (non-hydrogen) atoms. The van der Waals surface area contributed by atoms with Crippen molar-refractivity contribution in [2.75, 3.05) is 6.79 Å². The first kappa shape index (κ1) is 20.2. The van der Waals surface area contributed by atoms with E-state index in [1.54, 1.807) is 0 Å². The molecule has 3 saturated carbocycles. The highest BCUT2D eigenvalue weighted by Crippen LogP contribution is 2.56. The smallest absolute Gasteiger partial charge is 0.352 e. The molecular weight excluding hydrogens is 362 g/mol. The maximum atomic E-state index is 13.6. The van der Waals surface area contributed by atoms with Crippen LogP contribution in [-0.4, -0.2) is 30.9 Å². The minimum atomic E-state index is -5.52. The molecule has 3 atom stereocenters. The lowest BCUT2D eigenvalue weighted by molar-refractivity contribution is -0.400. The highest BCUT2D eigenvalue weighted by molar-refractivity contribution is 5.01. The van der Waals surface area contributed by atoms with Crippen molar-refractivity contribution >= 4 is 0 Å². The summed E-state index contributed by atoms with van der Waals surface area (Å²) < 4.78 is 91.6. The van der Waals surface area contributed by atoms with Crippen LogP contribution in [0.25, 0.3) is 0 Å². The van der Waals surface area contributed by atoms with Gasteiger partial charge in [0.1, 0.15) is 6.79 Å². The van der Waals surface area contributed by atoms with Gasteiger partial charge in [-0.3, -0.25) is 0 Å². The molecule has 0 heterocycles. The van der Waals surface area contributed by atoms with E-state index in [2.05, 4.69) is 4.74 Å². The molecule has 0 aromatic carbocycles. The number of hydrogen-bond acceptors (Lipinski definition) is 2. The van der Waals surface area contributed by atoms with Crippen LogP contribution < -0.4 is 0 Å². The number of halogens is 6. The van der Waals surface area contributed by atoms with Crippen LogP contribution in [0.2, 0.25) is 0 Å². The molecule has 3 unspecified atom stereocenters. The summed E-state index contributed by atoms with van der Waals surface area (Å²) in [6.07, 6.45) is -5.52. The van der Waals surface area contributed by atoms with Crippen LogP contribution in [-0.2, 0) is 9.47 Å². The minimum absolute atomic E-state index is 0.0491. The fourth-order valence-corrected chi connectivity index (χ4v) is 5.07. The summed E-state index contributed by atoms with van der Waals surface area (Å²) in [5.74, 6) is -0.374. The normalized spacial score (nSPS) is 30.9. The fourth-order valence-electron chi connectivity index (χ4n) is 5.07. The second-order valence-electron chi connectivity index (χ2n) is 8.15. The number of alkyl halides is 6. The van der Waals surface area contributed by atoms with Crippen molar-refractivity contribution < 1.29 is 35.8 Å². The van der Waals surface area contributed by atoms with E-state index in [9.17, 15) is 26.3 Å². The summed E-state index contributed by atoms with van der Waals surface area (Å²) in [7, 11) is 0. The van der Waals surface area contributed by atoms with E-state index < -0.39 is 37.1 Å². The van der Waals surface area contributed by atoms with Gasteiger partial charge in [-0.2, -0.15) is 26.3 Å². The molecule has 8 heteroatoms. The average molecular weight is 388 g/mol. The highest BCUT2D eigenvalue weighted by atomic mass is 19.4. The third-order valence-corrected chi connectivity index (χ3v) is 6.51. The van der Waals surface area contributed by atoms with Crippen molar-refractivity contribution in [2.45, 2.75) is 88.3 Å². The largest absolute Gasteiger partial charge is 0.426 e. The summed E-state index contributed by atoms with van der Waals surface area (Å²) in [4.78, 5) is 0. The molecule has 3 fully saturated rings. The summed E-state index contributed by atoms with van der Waals surface area (Å²) >= 11 is 0. The first-order valence-electron chi connectivity index (χ1n) is 9.51. The molecule has 3 aliphatic rings. The van der Waals surface area contributed by atoms with Crippen LogP contribution in [0.4, 0.5) is 26.3 Å². The molecule has 3 rings (SSSR count). The third-order valence-electron chi connectivity index (χ3n) is 6.51. The van der Waals surface area contributed by atoms with Crippen LogP contribution in [0.1, 0.15) is 64.2 Å². The lowest BCUT2D eigenvalue weighted by atomic mass is 9.79. The molecule has 0 saturated heterocycles. The van der Waals surface area contributed by atoms with Crippen molar-refractivity contribution in [3.05, 3.63) is 0 Å². The Hall–Kier alpha value is -0.500. The van der Waals surface area contributed by atoms with E-state index in [1.807, 2.05) is 0 Å². The molecule has 0 spiro atoms. The maximum Gasteiger partial charge on any atom is 0.426 e. The Kier molecular flexibility index (Phi) is 5.83. The quantitative estimate of drug-likeness (QED) is 0.410. The molecule has 2 bridgehead atoms. The van der Waals surface area contributed by atoms with Crippen LogP contribution in [0.5, 0.6) is 0 Å². The molecule has 0 aromatic rings. The Morgan fingerprint density at radius 1 is 0.769 bits per heavy atom. The summed E-state index contributed by atoms with van der Waals surface area (Å²) in [6, 6.07) is 0. The zero-order valence-corrected chi connectivity index (χ0v) is 14.7. The second-order valence-corrected chi connectivity index (χ2v) is 8.15. The highest BCUT2D eigenvalue weighted by Gasteiger charge is 2.73. The molecule has 0 amide bonds. The number of rotatable bonds is 6. The lowest BCUT2D eigenvalue weighted by Crippen LogP contribution is -2.60. The van der Waals surface area contributed by atoms with Crippen molar-refractivity contribution in [3.63, 3.8) is 0 Å². The Morgan fingerprint density at radius 2 is 1.42 bits per heavy atom. The molecule has 152 valence electrons. The SMILES string of the molecule is FC(F)(F)C(CC1CC2CCC1C2)(OCOC1CCCCC1)C(F)(F)F. The van der Waals surface area contributed by atoms with Gasteiger partial charge in [0.05, 0.1) is 6.10 Å². The first-order valence-corrected chi connectivity index (χ1v) is 9.51. The van der Waals surface area contributed by atoms with Crippen LogP contribution in [0.15, 0.2) is 0 Å². The van der Waals surface area contributed by atoms with Gasteiger partial charge < -0.3 is 9.47 Å². The van der Waals surface area contributed by atoms with E-state index in [-0.39, 0.29) is 17.9 Å². The number of fused-ring (bicyclic) bond motifs is 2. The van der Waals surface area contributed by atoms with Crippen LogP contribution in [0, 0.1) is 17.8 Å². The van der Waals surface area contributed by atoms with Crippen molar-refractivity contribution in [3.8, 4) is 0 Å².